The van der Waals surface area contributed by atoms with E-state index in [2.05, 4.69) is 18.6 Å². The number of hydrogen-bond donors (Lipinski definition) is 1. The van der Waals surface area contributed by atoms with Gasteiger partial charge in [-0.1, -0.05) is 26.7 Å². The van der Waals surface area contributed by atoms with Gasteiger partial charge < -0.3 is 15.4 Å². The van der Waals surface area contributed by atoms with Gasteiger partial charge in [-0.3, -0.25) is 9.59 Å². The van der Waals surface area contributed by atoms with Gasteiger partial charge in [0.2, 0.25) is 5.91 Å². The third-order valence-electron chi connectivity index (χ3n) is 2.94. The van der Waals surface area contributed by atoms with Crippen molar-refractivity contribution in [3.63, 3.8) is 0 Å². The highest BCUT2D eigenvalue weighted by Crippen LogP contribution is 2.07. The van der Waals surface area contributed by atoms with Gasteiger partial charge in [-0.15, -0.1) is 11.8 Å². The van der Waals surface area contributed by atoms with Crippen molar-refractivity contribution in [1.82, 2.24) is 4.90 Å². The average Bonchev–Trinajstić information content (AvgIpc) is 2.46. The molecule has 6 heteroatoms. The van der Waals surface area contributed by atoms with Crippen LogP contribution in [0.2, 0.25) is 0 Å². The fourth-order valence-electron chi connectivity index (χ4n) is 1.64. The summed E-state index contributed by atoms with van der Waals surface area (Å²) >= 11 is 1.39. The number of thioether (sulfide) groups is 1. The quantitative estimate of drug-likeness (QED) is 0.588. The van der Waals surface area contributed by atoms with Crippen LogP contribution in [0.15, 0.2) is 0 Å². The van der Waals surface area contributed by atoms with Crippen LogP contribution in [0.25, 0.3) is 0 Å². The van der Waals surface area contributed by atoms with Crippen molar-refractivity contribution in [3.05, 3.63) is 0 Å². The summed E-state index contributed by atoms with van der Waals surface area (Å²) in [5.41, 5.74) is 5.63. The fourth-order valence-corrected chi connectivity index (χ4v) is 2.51. The van der Waals surface area contributed by atoms with E-state index in [4.69, 9.17) is 5.73 Å². The molecule has 0 aliphatic carbocycles. The lowest BCUT2D eigenvalue weighted by Crippen LogP contribution is -2.36. The number of methoxy groups -OCH3 is 1. The van der Waals surface area contributed by atoms with E-state index in [0.29, 0.717) is 11.5 Å². The summed E-state index contributed by atoms with van der Waals surface area (Å²) in [7, 11) is 1.31. The van der Waals surface area contributed by atoms with Crippen LogP contribution in [-0.2, 0) is 14.3 Å². The van der Waals surface area contributed by atoms with Crippen molar-refractivity contribution < 1.29 is 14.3 Å². The maximum absolute atomic E-state index is 12.1. The molecule has 0 saturated heterocycles. The molecular formula is C14H28N2O3S. The Morgan fingerprint density at radius 1 is 1.20 bits per heavy atom. The lowest BCUT2D eigenvalue weighted by atomic mass is 10.2. The molecule has 0 aliphatic heterocycles. The summed E-state index contributed by atoms with van der Waals surface area (Å²) in [5, 5.41) is 0. The molecule has 0 fully saturated rings. The summed E-state index contributed by atoms with van der Waals surface area (Å²) in [6.45, 7) is 5.87. The second-order valence-corrected chi connectivity index (χ2v) is 5.76. The monoisotopic (exact) mass is 304 g/mol. The molecule has 0 aromatic carbocycles. The van der Waals surface area contributed by atoms with Crippen molar-refractivity contribution in [2.24, 2.45) is 5.73 Å². The van der Waals surface area contributed by atoms with E-state index in [-0.39, 0.29) is 5.91 Å². The Balaban J connectivity index is 4.07. The van der Waals surface area contributed by atoms with E-state index < -0.39 is 12.0 Å². The first-order chi connectivity index (χ1) is 9.56. The maximum atomic E-state index is 12.1. The van der Waals surface area contributed by atoms with Crippen LogP contribution in [0.4, 0.5) is 0 Å². The smallest absolute Gasteiger partial charge is 0.323 e. The first-order valence-electron chi connectivity index (χ1n) is 7.25. The molecule has 5 nitrogen and oxygen atoms in total. The molecule has 118 valence electrons. The minimum Gasteiger partial charge on any atom is -0.468 e. The predicted molar refractivity (Wildman–Crippen MR) is 83.7 cm³/mol. The van der Waals surface area contributed by atoms with Crippen molar-refractivity contribution in [3.8, 4) is 0 Å². The van der Waals surface area contributed by atoms with Gasteiger partial charge in [-0.05, 0) is 12.8 Å². The molecule has 0 radical (unpaired) electrons. The Morgan fingerprint density at radius 2 is 1.75 bits per heavy atom. The third-order valence-corrected chi connectivity index (χ3v) is 3.99. The van der Waals surface area contributed by atoms with Crippen LogP contribution >= 0.6 is 11.8 Å². The molecule has 20 heavy (non-hydrogen) atoms. The number of hydrogen-bond acceptors (Lipinski definition) is 5. The zero-order valence-electron chi connectivity index (χ0n) is 12.9. The van der Waals surface area contributed by atoms with Gasteiger partial charge in [0.05, 0.1) is 12.9 Å². The summed E-state index contributed by atoms with van der Waals surface area (Å²) in [5.74, 6) is 0.485. The number of carbonyl (C=O) groups is 2. The van der Waals surface area contributed by atoms with Crippen LogP contribution in [0, 0.1) is 0 Å². The second-order valence-electron chi connectivity index (χ2n) is 4.73. The van der Waals surface area contributed by atoms with Gasteiger partial charge in [0.1, 0.15) is 6.04 Å². The Morgan fingerprint density at radius 3 is 2.20 bits per heavy atom. The largest absolute Gasteiger partial charge is 0.468 e. The predicted octanol–water partition coefficient (Wildman–Crippen LogP) is 1.65. The Hall–Kier alpha value is -0.750. The van der Waals surface area contributed by atoms with E-state index in [1.807, 2.05) is 4.90 Å². The lowest BCUT2D eigenvalue weighted by molar-refractivity contribution is -0.141. The van der Waals surface area contributed by atoms with Gasteiger partial charge in [0.25, 0.3) is 0 Å². The molecule has 2 N–H and O–H groups in total. The van der Waals surface area contributed by atoms with E-state index in [1.54, 1.807) is 0 Å². The standard InChI is InChI=1S/C14H28N2O3S/c1-4-6-8-16(9-7-5-2)13(17)11-20-10-12(15)14(18)19-3/h12H,4-11,15H2,1-3H3. The molecule has 0 rings (SSSR count). The molecule has 0 aromatic rings. The number of unbranched alkanes of at least 4 members (excludes halogenated alkanes) is 2. The number of esters is 1. The number of amides is 1. The summed E-state index contributed by atoms with van der Waals surface area (Å²) in [6, 6.07) is -0.655. The number of nitrogens with two attached hydrogens (primary N) is 1. The Labute approximate surface area is 126 Å². The Bertz CT molecular complexity index is 280. The average molecular weight is 304 g/mol. The third kappa shape index (κ3) is 8.43. The first kappa shape index (κ1) is 19.2. The minimum atomic E-state index is -0.655. The van der Waals surface area contributed by atoms with Crippen LogP contribution in [0.1, 0.15) is 39.5 Å². The number of nitrogens with zero attached hydrogens (tertiary/aromatic N) is 1. The van der Waals surface area contributed by atoms with E-state index in [1.165, 1.54) is 18.9 Å². The second kappa shape index (κ2) is 12.0. The van der Waals surface area contributed by atoms with E-state index in [9.17, 15) is 9.59 Å². The number of rotatable bonds is 11. The first-order valence-corrected chi connectivity index (χ1v) is 8.41. The van der Waals surface area contributed by atoms with Crippen LogP contribution in [-0.4, -0.2) is 54.5 Å². The summed E-state index contributed by atoms with van der Waals surface area (Å²) in [4.78, 5) is 25.2. The molecule has 1 atom stereocenters. The van der Waals surface area contributed by atoms with Gasteiger partial charge >= 0.3 is 5.97 Å². The molecule has 0 aromatic heterocycles. The van der Waals surface area contributed by atoms with E-state index >= 15 is 0 Å². The summed E-state index contributed by atoms with van der Waals surface area (Å²) < 4.78 is 4.55. The minimum absolute atomic E-state index is 0.133. The normalized spacial score (nSPS) is 12.0. The molecule has 0 aliphatic rings. The number of ether oxygens (including phenoxy) is 1. The molecular weight excluding hydrogens is 276 g/mol. The van der Waals surface area contributed by atoms with Crippen molar-refractivity contribution in [2.75, 3.05) is 31.7 Å². The van der Waals surface area contributed by atoms with Crippen molar-refractivity contribution in [2.45, 2.75) is 45.6 Å². The van der Waals surface area contributed by atoms with E-state index in [0.717, 1.165) is 38.8 Å². The SMILES string of the molecule is CCCCN(CCCC)C(=O)CSCC(N)C(=O)OC. The lowest BCUT2D eigenvalue weighted by Gasteiger charge is -2.22. The highest BCUT2D eigenvalue weighted by Gasteiger charge is 2.16. The molecule has 0 heterocycles. The Kier molecular flexibility index (Phi) is 11.6. The van der Waals surface area contributed by atoms with Crippen LogP contribution < -0.4 is 5.73 Å². The van der Waals surface area contributed by atoms with Gasteiger partial charge in [0, 0.05) is 18.8 Å². The molecule has 0 saturated carbocycles. The van der Waals surface area contributed by atoms with Gasteiger partial charge in [-0.25, -0.2) is 0 Å². The van der Waals surface area contributed by atoms with Crippen molar-refractivity contribution >= 4 is 23.6 Å². The topological polar surface area (TPSA) is 72.6 Å². The van der Waals surface area contributed by atoms with Gasteiger partial charge in [-0.2, -0.15) is 0 Å². The number of carbonyl (C=O) groups excluding carboxylic acids is 2. The van der Waals surface area contributed by atoms with Crippen molar-refractivity contribution in [1.29, 1.82) is 0 Å². The highest BCUT2D eigenvalue weighted by atomic mass is 32.2. The maximum Gasteiger partial charge on any atom is 0.323 e. The zero-order valence-corrected chi connectivity index (χ0v) is 13.7. The summed E-state index contributed by atoms with van der Waals surface area (Å²) in [6.07, 6.45) is 4.22. The zero-order chi connectivity index (χ0) is 15.4. The van der Waals surface area contributed by atoms with Gasteiger partial charge in [0.15, 0.2) is 0 Å². The molecule has 0 bridgehead atoms. The molecule has 1 unspecified atom stereocenters. The fraction of sp³-hybridized carbons (Fsp3) is 0.857. The molecule has 0 spiro atoms. The van der Waals surface area contributed by atoms with Crippen LogP contribution in [0.5, 0.6) is 0 Å². The highest BCUT2D eigenvalue weighted by molar-refractivity contribution is 8.00. The molecule has 1 amide bonds. The van der Waals surface area contributed by atoms with Crippen LogP contribution in [0.3, 0.4) is 0 Å².